The van der Waals surface area contributed by atoms with Gasteiger partial charge in [-0.1, -0.05) is 30.7 Å². The number of hydrogen-bond acceptors (Lipinski definition) is 3. The van der Waals surface area contributed by atoms with Crippen LogP contribution >= 0.6 is 0 Å². The standard InChI is InChI=1S/C15H24N2O/c16-9-8-15-3-1-2-10-17(15)11-13-4-6-14(12-18)7-5-13/h4-7,15,18H,1-3,8-12,16H2. The number of hydrogen-bond donors (Lipinski definition) is 2. The fourth-order valence-electron chi connectivity index (χ4n) is 2.77. The van der Waals surface area contributed by atoms with Crippen molar-refractivity contribution >= 4 is 0 Å². The van der Waals surface area contributed by atoms with Crippen LogP contribution in [-0.4, -0.2) is 29.1 Å². The maximum absolute atomic E-state index is 9.04. The highest BCUT2D eigenvalue weighted by Gasteiger charge is 2.21. The highest BCUT2D eigenvalue weighted by Crippen LogP contribution is 2.21. The van der Waals surface area contributed by atoms with Crippen molar-refractivity contribution in [1.82, 2.24) is 4.90 Å². The molecule has 3 heteroatoms. The third-order valence-corrected chi connectivity index (χ3v) is 3.84. The van der Waals surface area contributed by atoms with Crippen molar-refractivity contribution in [2.24, 2.45) is 5.73 Å². The molecule has 1 fully saturated rings. The second-order valence-corrected chi connectivity index (χ2v) is 5.17. The molecular weight excluding hydrogens is 224 g/mol. The number of piperidine rings is 1. The number of nitrogens with zero attached hydrogens (tertiary/aromatic N) is 1. The number of benzene rings is 1. The minimum atomic E-state index is 0.125. The van der Waals surface area contributed by atoms with Gasteiger partial charge in [0.05, 0.1) is 6.61 Å². The lowest BCUT2D eigenvalue weighted by atomic mass is 9.98. The summed E-state index contributed by atoms with van der Waals surface area (Å²) < 4.78 is 0. The van der Waals surface area contributed by atoms with E-state index in [1.54, 1.807) is 0 Å². The van der Waals surface area contributed by atoms with Gasteiger partial charge in [0, 0.05) is 12.6 Å². The van der Waals surface area contributed by atoms with E-state index in [9.17, 15) is 0 Å². The lowest BCUT2D eigenvalue weighted by Gasteiger charge is -2.35. The lowest BCUT2D eigenvalue weighted by Crippen LogP contribution is -2.40. The Hall–Kier alpha value is -0.900. The lowest BCUT2D eigenvalue weighted by molar-refractivity contribution is 0.134. The van der Waals surface area contributed by atoms with Crippen molar-refractivity contribution < 1.29 is 5.11 Å². The zero-order valence-corrected chi connectivity index (χ0v) is 11.0. The van der Waals surface area contributed by atoms with Crippen LogP contribution in [0.2, 0.25) is 0 Å². The van der Waals surface area contributed by atoms with Crippen molar-refractivity contribution in [3.05, 3.63) is 35.4 Å². The molecule has 0 radical (unpaired) electrons. The Morgan fingerprint density at radius 3 is 2.56 bits per heavy atom. The van der Waals surface area contributed by atoms with E-state index >= 15 is 0 Å². The number of aliphatic hydroxyl groups is 1. The van der Waals surface area contributed by atoms with Gasteiger partial charge in [-0.15, -0.1) is 0 Å². The number of rotatable bonds is 5. The second-order valence-electron chi connectivity index (χ2n) is 5.17. The maximum atomic E-state index is 9.04. The van der Waals surface area contributed by atoms with Crippen LogP contribution in [0.25, 0.3) is 0 Å². The van der Waals surface area contributed by atoms with E-state index in [-0.39, 0.29) is 6.61 Å². The monoisotopic (exact) mass is 248 g/mol. The van der Waals surface area contributed by atoms with E-state index in [0.29, 0.717) is 6.04 Å². The number of nitrogens with two attached hydrogens (primary N) is 1. The SMILES string of the molecule is NCCC1CCCCN1Cc1ccc(CO)cc1. The molecule has 18 heavy (non-hydrogen) atoms. The van der Waals surface area contributed by atoms with Crippen LogP contribution in [0.5, 0.6) is 0 Å². The summed E-state index contributed by atoms with van der Waals surface area (Å²) in [6.45, 7) is 3.10. The summed E-state index contributed by atoms with van der Waals surface area (Å²) in [7, 11) is 0. The number of aliphatic hydroxyl groups excluding tert-OH is 1. The van der Waals surface area contributed by atoms with Crippen LogP contribution in [0, 0.1) is 0 Å². The van der Waals surface area contributed by atoms with E-state index in [2.05, 4.69) is 17.0 Å². The van der Waals surface area contributed by atoms with Crippen molar-refractivity contribution in [1.29, 1.82) is 0 Å². The smallest absolute Gasteiger partial charge is 0.0681 e. The number of likely N-dealkylation sites (tertiary alicyclic amines) is 1. The molecule has 0 spiro atoms. The fourth-order valence-corrected chi connectivity index (χ4v) is 2.77. The van der Waals surface area contributed by atoms with Gasteiger partial charge in [0.25, 0.3) is 0 Å². The molecule has 2 rings (SSSR count). The summed E-state index contributed by atoms with van der Waals surface area (Å²) in [5, 5.41) is 9.04. The Morgan fingerprint density at radius 1 is 1.17 bits per heavy atom. The molecule has 3 N–H and O–H groups in total. The van der Waals surface area contributed by atoms with Gasteiger partial charge in [-0.2, -0.15) is 0 Å². The van der Waals surface area contributed by atoms with Crippen LogP contribution in [0.3, 0.4) is 0 Å². The van der Waals surface area contributed by atoms with E-state index in [4.69, 9.17) is 10.8 Å². The normalized spacial score (nSPS) is 21.1. The quantitative estimate of drug-likeness (QED) is 0.836. The fraction of sp³-hybridized carbons (Fsp3) is 0.600. The summed E-state index contributed by atoms with van der Waals surface area (Å²) in [4.78, 5) is 2.56. The van der Waals surface area contributed by atoms with Gasteiger partial charge in [0.2, 0.25) is 0 Å². The van der Waals surface area contributed by atoms with Crippen molar-refractivity contribution in [3.8, 4) is 0 Å². The van der Waals surface area contributed by atoms with E-state index in [0.717, 1.165) is 25.1 Å². The van der Waals surface area contributed by atoms with Crippen LogP contribution in [0.4, 0.5) is 0 Å². The van der Waals surface area contributed by atoms with Gasteiger partial charge in [-0.05, 0) is 43.5 Å². The maximum Gasteiger partial charge on any atom is 0.0681 e. The molecule has 0 aliphatic carbocycles. The summed E-state index contributed by atoms with van der Waals surface area (Å²) in [6.07, 6.45) is 5.03. The van der Waals surface area contributed by atoms with Crippen LogP contribution < -0.4 is 5.73 Å². The predicted molar refractivity (Wildman–Crippen MR) is 74.1 cm³/mol. The van der Waals surface area contributed by atoms with E-state index in [1.165, 1.54) is 31.4 Å². The Balaban J connectivity index is 1.96. The molecule has 1 saturated heterocycles. The zero-order valence-electron chi connectivity index (χ0n) is 11.0. The van der Waals surface area contributed by atoms with Gasteiger partial charge in [0.15, 0.2) is 0 Å². The molecule has 1 aromatic rings. The summed E-state index contributed by atoms with van der Waals surface area (Å²) in [6, 6.07) is 8.93. The average Bonchev–Trinajstić information content (AvgIpc) is 2.42. The minimum absolute atomic E-state index is 0.125. The van der Waals surface area contributed by atoms with Crippen LogP contribution in [0.15, 0.2) is 24.3 Å². The van der Waals surface area contributed by atoms with Crippen molar-refractivity contribution in [2.75, 3.05) is 13.1 Å². The summed E-state index contributed by atoms with van der Waals surface area (Å²) >= 11 is 0. The van der Waals surface area contributed by atoms with Gasteiger partial charge < -0.3 is 10.8 Å². The highest BCUT2D eigenvalue weighted by atomic mass is 16.3. The molecule has 0 bridgehead atoms. The van der Waals surface area contributed by atoms with Crippen molar-refractivity contribution in [2.45, 2.75) is 44.9 Å². The third kappa shape index (κ3) is 3.55. The largest absolute Gasteiger partial charge is 0.392 e. The Bertz CT molecular complexity index is 348. The molecule has 100 valence electrons. The summed E-state index contributed by atoms with van der Waals surface area (Å²) in [5.41, 5.74) is 8.01. The van der Waals surface area contributed by atoms with Crippen molar-refractivity contribution in [3.63, 3.8) is 0 Å². The molecular formula is C15H24N2O. The van der Waals surface area contributed by atoms with Gasteiger partial charge >= 0.3 is 0 Å². The molecule has 1 unspecified atom stereocenters. The Kier molecular flexibility index (Phi) is 5.17. The first-order chi connectivity index (χ1) is 8.83. The molecule has 1 aliphatic rings. The topological polar surface area (TPSA) is 49.5 Å². The van der Waals surface area contributed by atoms with Gasteiger partial charge in [-0.3, -0.25) is 4.90 Å². The molecule has 1 aliphatic heterocycles. The van der Waals surface area contributed by atoms with E-state index in [1.807, 2.05) is 12.1 Å². The molecule has 0 aromatic heterocycles. The van der Waals surface area contributed by atoms with E-state index < -0.39 is 0 Å². The van der Waals surface area contributed by atoms with Gasteiger partial charge in [-0.25, -0.2) is 0 Å². The predicted octanol–water partition coefficient (Wildman–Crippen LogP) is 1.88. The third-order valence-electron chi connectivity index (χ3n) is 3.84. The zero-order chi connectivity index (χ0) is 12.8. The minimum Gasteiger partial charge on any atom is -0.392 e. The first kappa shape index (κ1) is 13.5. The first-order valence-electron chi connectivity index (χ1n) is 6.96. The molecule has 0 amide bonds. The summed E-state index contributed by atoms with van der Waals surface area (Å²) in [5.74, 6) is 0. The molecule has 1 heterocycles. The second kappa shape index (κ2) is 6.88. The molecule has 1 atom stereocenters. The van der Waals surface area contributed by atoms with Gasteiger partial charge in [0.1, 0.15) is 0 Å². The molecule has 0 saturated carbocycles. The van der Waals surface area contributed by atoms with Crippen LogP contribution in [-0.2, 0) is 13.2 Å². The molecule has 1 aromatic carbocycles. The Morgan fingerprint density at radius 2 is 1.89 bits per heavy atom. The van der Waals surface area contributed by atoms with Crippen LogP contribution in [0.1, 0.15) is 36.8 Å². The Labute approximate surface area is 110 Å². The molecule has 3 nitrogen and oxygen atoms in total. The average molecular weight is 248 g/mol. The first-order valence-corrected chi connectivity index (χ1v) is 6.96. The highest BCUT2D eigenvalue weighted by molar-refractivity contribution is 5.22.